The second kappa shape index (κ2) is 5.13. The standard InChI is InChI=1S/C14H19F2N/c1-17-13(12-5-3-2-4-6-12)9-11-7-8-14(15,16)10-11/h2-6,11,13,17H,7-10H2,1H3. The average Bonchev–Trinajstić information content (AvgIpc) is 2.67. The van der Waals surface area contributed by atoms with Gasteiger partial charge in [0.1, 0.15) is 0 Å². The molecule has 0 heterocycles. The molecule has 1 aromatic carbocycles. The van der Waals surface area contributed by atoms with Crippen molar-refractivity contribution in [2.24, 2.45) is 5.92 Å². The first-order chi connectivity index (χ1) is 8.11. The summed E-state index contributed by atoms with van der Waals surface area (Å²) in [5, 5.41) is 3.23. The third-order valence-electron chi connectivity index (χ3n) is 3.63. The minimum absolute atomic E-state index is 0.0536. The lowest BCUT2D eigenvalue weighted by molar-refractivity contribution is 0.00433. The molecule has 1 saturated carbocycles. The lowest BCUT2D eigenvalue weighted by Gasteiger charge is -2.20. The number of hydrogen-bond donors (Lipinski definition) is 1. The Labute approximate surface area is 101 Å². The third kappa shape index (κ3) is 3.25. The van der Waals surface area contributed by atoms with E-state index in [2.05, 4.69) is 5.32 Å². The van der Waals surface area contributed by atoms with Gasteiger partial charge in [-0.05, 0) is 31.4 Å². The highest BCUT2D eigenvalue weighted by molar-refractivity contribution is 5.18. The van der Waals surface area contributed by atoms with E-state index in [0.29, 0.717) is 6.42 Å². The molecule has 1 aliphatic carbocycles. The summed E-state index contributed by atoms with van der Waals surface area (Å²) < 4.78 is 26.3. The van der Waals surface area contributed by atoms with E-state index in [9.17, 15) is 8.78 Å². The molecule has 2 unspecified atom stereocenters. The highest BCUT2D eigenvalue weighted by Crippen LogP contribution is 2.42. The van der Waals surface area contributed by atoms with Gasteiger partial charge < -0.3 is 5.32 Å². The Hall–Kier alpha value is -0.960. The quantitative estimate of drug-likeness (QED) is 0.843. The van der Waals surface area contributed by atoms with Crippen molar-refractivity contribution < 1.29 is 8.78 Å². The summed E-state index contributed by atoms with van der Waals surface area (Å²) in [6, 6.07) is 10.2. The smallest absolute Gasteiger partial charge is 0.248 e. The van der Waals surface area contributed by atoms with Gasteiger partial charge in [-0.2, -0.15) is 0 Å². The maximum Gasteiger partial charge on any atom is 0.248 e. The Bertz CT molecular complexity index is 350. The molecule has 0 bridgehead atoms. The van der Waals surface area contributed by atoms with Gasteiger partial charge in [0.2, 0.25) is 5.92 Å². The first-order valence-corrected chi connectivity index (χ1v) is 6.21. The maximum absolute atomic E-state index is 13.1. The topological polar surface area (TPSA) is 12.0 Å². The van der Waals surface area contributed by atoms with Crippen molar-refractivity contribution in [3.63, 3.8) is 0 Å². The minimum Gasteiger partial charge on any atom is -0.313 e. The molecule has 1 aromatic rings. The summed E-state index contributed by atoms with van der Waals surface area (Å²) in [5.41, 5.74) is 1.19. The molecule has 0 saturated heterocycles. The Morgan fingerprint density at radius 3 is 2.59 bits per heavy atom. The fourth-order valence-electron chi connectivity index (χ4n) is 2.68. The van der Waals surface area contributed by atoms with Crippen molar-refractivity contribution in [2.45, 2.75) is 37.6 Å². The lowest BCUT2D eigenvalue weighted by Crippen LogP contribution is -2.20. The molecule has 2 atom stereocenters. The van der Waals surface area contributed by atoms with Gasteiger partial charge in [0.15, 0.2) is 0 Å². The van der Waals surface area contributed by atoms with Gasteiger partial charge in [-0.15, -0.1) is 0 Å². The molecule has 0 aliphatic heterocycles. The fraction of sp³-hybridized carbons (Fsp3) is 0.571. The molecule has 1 aliphatic rings. The van der Waals surface area contributed by atoms with Crippen LogP contribution in [0.1, 0.15) is 37.3 Å². The molecule has 1 fully saturated rings. The van der Waals surface area contributed by atoms with Gasteiger partial charge in [-0.3, -0.25) is 0 Å². The van der Waals surface area contributed by atoms with Gasteiger partial charge in [0.05, 0.1) is 0 Å². The van der Waals surface area contributed by atoms with E-state index < -0.39 is 5.92 Å². The Balaban J connectivity index is 1.97. The maximum atomic E-state index is 13.1. The van der Waals surface area contributed by atoms with Crippen molar-refractivity contribution in [3.05, 3.63) is 35.9 Å². The molecule has 0 spiro atoms. The van der Waals surface area contributed by atoms with E-state index in [1.54, 1.807) is 0 Å². The van der Waals surface area contributed by atoms with E-state index in [1.165, 1.54) is 5.56 Å². The highest BCUT2D eigenvalue weighted by atomic mass is 19.3. The van der Waals surface area contributed by atoms with Gasteiger partial charge in [0.25, 0.3) is 0 Å². The number of hydrogen-bond acceptors (Lipinski definition) is 1. The lowest BCUT2D eigenvalue weighted by atomic mass is 9.93. The fourth-order valence-corrected chi connectivity index (χ4v) is 2.68. The zero-order valence-corrected chi connectivity index (χ0v) is 10.1. The largest absolute Gasteiger partial charge is 0.313 e. The molecule has 1 nitrogen and oxygen atoms in total. The summed E-state index contributed by atoms with van der Waals surface area (Å²) in [6.45, 7) is 0. The van der Waals surface area contributed by atoms with Crippen molar-refractivity contribution >= 4 is 0 Å². The summed E-state index contributed by atoms with van der Waals surface area (Å²) in [5.74, 6) is -2.29. The number of halogens is 2. The molecule has 94 valence electrons. The molecular weight excluding hydrogens is 220 g/mol. The van der Waals surface area contributed by atoms with Crippen LogP contribution in [-0.4, -0.2) is 13.0 Å². The Morgan fingerprint density at radius 2 is 2.06 bits per heavy atom. The summed E-state index contributed by atoms with van der Waals surface area (Å²) in [6.07, 6.45) is 1.56. The van der Waals surface area contributed by atoms with E-state index in [4.69, 9.17) is 0 Å². The van der Waals surface area contributed by atoms with Crippen LogP contribution in [0, 0.1) is 5.92 Å². The van der Waals surface area contributed by atoms with Crippen molar-refractivity contribution in [2.75, 3.05) is 7.05 Å². The summed E-state index contributed by atoms with van der Waals surface area (Å²) in [7, 11) is 1.89. The number of rotatable bonds is 4. The second-order valence-corrected chi connectivity index (χ2v) is 4.95. The molecule has 17 heavy (non-hydrogen) atoms. The van der Waals surface area contributed by atoms with Gasteiger partial charge in [0, 0.05) is 18.9 Å². The molecule has 1 N–H and O–H groups in total. The third-order valence-corrected chi connectivity index (χ3v) is 3.63. The normalized spacial score (nSPS) is 24.8. The molecule has 3 heteroatoms. The molecule has 0 amide bonds. The Kier molecular flexibility index (Phi) is 3.77. The van der Waals surface area contributed by atoms with Crippen LogP contribution in [0.15, 0.2) is 30.3 Å². The van der Waals surface area contributed by atoms with Crippen molar-refractivity contribution in [1.82, 2.24) is 5.32 Å². The zero-order chi connectivity index (χ0) is 12.3. The number of benzene rings is 1. The number of nitrogens with one attached hydrogen (secondary N) is 1. The van der Waals surface area contributed by atoms with Gasteiger partial charge in [-0.1, -0.05) is 30.3 Å². The average molecular weight is 239 g/mol. The van der Waals surface area contributed by atoms with Crippen LogP contribution < -0.4 is 5.32 Å². The molecular formula is C14H19F2N. The van der Waals surface area contributed by atoms with Crippen LogP contribution in [-0.2, 0) is 0 Å². The van der Waals surface area contributed by atoms with Gasteiger partial charge >= 0.3 is 0 Å². The van der Waals surface area contributed by atoms with E-state index in [0.717, 1.165) is 6.42 Å². The van der Waals surface area contributed by atoms with Crippen molar-refractivity contribution in [3.8, 4) is 0 Å². The SMILES string of the molecule is CNC(CC1CCC(F)(F)C1)c1ccccc1. The van der Waals surface area contributed by atoms with Crippen LogP contribution in [0.2, 0.25) is 0 Å². The van der Waals surface area contributed by atoms with Crippen LogP contribution >= 0.6 is 0 Å². The van der Waals surface area contributed by atoms with Crippen molar-refractivity contribution in [1.29, 1.82) is 0 Å². The van der Waals surface area contributed by atoms with E-state index in [-0.39, 0.29) is 24.8 Å². The van der Waals surface area contributed by atoms with Crippen LogP contribution in [0.25, 0.3) is 0 Å². The van der Waals surface area contributed by atoms with E-state index in [1.807, 2.05) is 37.4 Å². The highest BCUT2D eigenvalue weighted by Gasteiger charge is 2.39. The van der Waals surface area contributed by atoms with Crippen LogP contribution in [0.3, 0.4) is 0 Å². The second-order valence-electron chi connectivity index (χ2n) is 4.95. The predicted molar refractivity (Wildman–Crippen MR) is 65.1 cm³/mol. The summed E-state index contributed by atoms with van der Waals surface area (Å²) >= 11 is 0. The monoisotopic (exact) mass is 239 g/mol. The first-order valence-electron chi connectivity index (χ1n) is 6.21. The zero-order valence-electron chi connectivity index (χ0n) is 10.1. The first kappa shape index (κ1) is 12.5. The van der Waals surface area contributed by atoms with Crippen LogP contribution in [0.4, 0.5) is 8.78 Å². The summed E-state index contributed by atoms with van der Waals surface area (Å²) in [4.78, 5) is 0. The molecule has 2 rings (SSSR count). The van der Waals surface area contributed by atoms with Gasteiger partial charge in [-0.25, -0.2) is 8.78 Å². The predicted octanol–water partition coefficient (Wildman–Crippen LogP) is 3.77. The van der Waals surface area contributed by atoms with Crippen LogP contribution in [0.5, 0.6) is 0 Å². The van der Waals surface area contributed by atoms with E-state index >= 15 is 0 Å². The molecule has 0 aromatic heterocycles. The Morgan fingerprint density at radius 1 is 1.35 bits per heavy atom. The molecule has 0 radical (unpaired) electrons. The number of alkyl halides is 2. The minimum atomic E-state index is -2.43.